The van der Waals surface area contributed by atoms with Crippen LogP contribution in [-0.4, -0.2) is 30.1 Å². The molecule has 0 heterocycles. The summed E-state index contributed by atoms with van der Waals surface area (Å²) in [7, 11) is -3.48. The molecule has 0 aliphatic carbocycles. The minimum Gasteiger partial charge on any atom is -0.460 e. The van der Waals surface area contributed by atoms with Gasteiger partial charge in [0.25, 0.3) is 0 Å². The third kappa shape index (κ3) is 8.97. The second-order valence-electron chi connectivity index (χ2n) is 9.69. The molecule has 7 heteroatoms. The lowest BCUT2D eigenvalue weighted by molar-refractivity contribution is -0.152. The van der Waals surface area contributed by atoms with Gasteiger partial charge in [-0.3, -0.25) is 14.3 Å². The molecule has 0 N–H and O–H groups in total. The molecule has 0 amide bonds. The Kier molecular flexibility index (Phi) is 11.5. The van der Waals surface area contributed by atoms with Gasteiger partial charge in [-0.2, -0.15) is 0 Å². The fraction of sp³-hybridized carbons (Fsp3) is 0.265. The molecule has 1 atom stereocenters. The number of rotatable bonds is 15. The topological polar surface area (TPSA) is 65.1 Å². The summed E-state index contributed by atoms with van der Waals surface area (Å²) in [4.78, 5) is 16.0. The largest absolute Gasteiger partial charge is 0.460 e. The van der Waals surface area contributed by atoms with Crippen molar-refractivity contribution in [3.8, 4) is 0 Å². The van der Waals surface area contributed by atoms with Crippen LogP contribution in [0.15, 0.2) is 115 Å². The molecule has 214 valence electrons. The summed E-state index contributed by atoms with van der Waals surface area (Å²) < 4.78 is 30.6. The van der Waals surface area contributed by atoms with E-state index in [1.165, 1.54) is 0 Å². The number of carbonyl (C=O) groups excluding carboxylic acids is 1. The average molecular weight is 572 g/mol. The van der Waals surface area contributed by atoms with Crippen LogP contribution < -0.4 is 5.30 Å². The number of carbonyl (C=O) groups is 1. The highest BCUT2D eigenvalue weighted by Gasteiger charge is 2.31. The summed E-state index contributed by atoms with van der Waals surface area (Å²) in [5.41, 5.74) is 3.95. The van der Waals surface area contributed by atoms with Gasteiger partial charge in [0, 0.05) is 13.1 Å². The summed E-state index contributed by atoms with van der Waals surface area (Å²) >= 11 is 0. The maximum Gasteiger partial charge on any atom is 0.361 e. The number of hydrogen-bond donors (Lipinski definition) is 0. The monoisotopic (exact) mass is 571 g/mol. The quantitative estimate of drug-likeness (QED) is 0.114. The normalized spacial score (nSPS) is 12.3. The first-order valence-corrected chi connectivity index (χ1v) is 15.6. The minimum absolute atomic E-state index is 0.185. The predicted octanol–water partition coefficient (Wildman–Crippen LogP) is 6.93. The van der Waals surface area contributed by atoms with Gasteiger partial charge in [0.1, 0.15) is 12.6 Å². The van der Waals surface area contributed by atoms with Gasteiger partial charge in [0.2, 0.25) is 0 Å². The lowest BCUT2D eigenvalue weighted by atomic mass is 10.0. The van der Waals surface area contributed by atoms with Crippen LogP contribution in [0.4, 0.5) is 0 Å². The lowest BCUT2D eigenvalue weighted by Gasteiger charge is -2.31. The van der Waals surface area contributed by atoms with Crippen molar-refractivity contribution in [2.75, 3.05) is 13.2 Å². The zero-order chi connectivity index (χ0) is 28.9. The zero-order valence-electron chi connectivity index (χ0n) is 23.7. The summed E-state index contributed by atoms with van der Waals surface area (Å²) in [6, 6.07) is 36.6. The highest BCUT2D eigenvalue weighted by Crippen LogP contribution is 2.46. The first-order valence-electron chi connectivity index (χ1n) is 14.0. The first-order chi connectivity index (χ1) is 20.0. The predicted molar refractivity (Wildman–Crippen MR) is 163 cm³/mol. The van der Waals surface area contributed by atoms with Crippen LogP contribution >= 0.6 is 7.60 Å². The second-order valence-corrected chi connectivity index (χ2v) is 11.7. The van der Waals surface area contributed by atoms with Crippen molar-refractivity contribution < 1.29 is 23.1 Å². The Hall–Kier alpha value is -3.54. The molecule has 4 aromatic rings. The van der Waals surface area contributed by atoms with E-state index < -0.39 is 13.6 Å². The summed E-state index contributed by atoms with van der Waals surface area (Å²) in [5.74, 6) is -0.316. The zero-order valence-corrected chi connectivity index (χ0v) is 24.6. The van der Waals surface area contributed by atoms with Crippen molar-refractivity contribution in [1.82, 2.24) is 4.90 Å². The minimum atomic E-state index is -3.48. The van der Waals surface area contributed by atoms with Crippen LogP contribution in [0.1, 0.15) is 36.1 Å². The fourth-order valence-corrected chi connectivity index (χ4v) is 6.35. The fourth-order valence-electron chi connectivity index (χ4n) is 4.70. The summed E-state index contributed by atoms with van der Waals surface area (Å²) in [5, 5.41) is 0.479. The first kappa shape index (κ1) is 30.4. The van der Waals surface area contributed by atoms with E-state index in [9.17, 15) is 9.36 Å². The van der Waals surface area contributed by atoms with Crippen LogP contribution in [0.5, 0.6) is 0 Å². The molecule has 1 unspecified atom stereocenters. The van der Waals surface area contributed by atoms with Gasteiger partial charge in [-0.25, -0.2) is 0 Å². The van der Waals surface area contributed by atoms with Gasteiger partial charge in [-0.1, -0.05) is 103 Å². The van der Waals surface area contributed by atoms with Crippen LogP contribution in [0.25, 0.3) is 0 Å². The Bertz CT molecular complexity index is 1350. The van der Waals surface area contributed by atoms with Crippen molar-refractivity contribution in [2.24, 2.45) is 0 Å². The molecule has 0 aliphatic heterocycles. The molecule has 0 fully saturated rings. The molecule has 0 spiro atoms. The van der Waals surface area contributed by atoms with Crippen molar-refractivity contribution in [3.63, 3.8) is 0 Å². The molecule has 0 radical (unpaired) electrons. The standard InChI is InChI=1S/C34H38NO5P/c1-3-39-41(37,40-4-2)32-22-14-21-31(23-32)24-33(34(36)38-27-30-19-12-7-13-20-30)35(25-28-15-8-5-9-16-28)26-29-17-10-6-11-18-29/h5-23,33H,3-4,24-27H2,1-2H3. The van der Waals surface area contributed by atoms with Crippen molar-refractivity contribution >= 4 is 18.9 Å². The molecule has 0 saturated carbocycles. The molecule has 0 aliphatic rings. The molecular weight excluding hydrogens is 533 g/mol. The maximum atomic E-state index is 13.9. The van der Waals surface area contributed by atoms with Gasteiger partial charge < -0.3 is 13.8 Å². The van der Waals surface area contributed by atoms with E-state index in [0.717, 1.165) is 22.3 Å². The molecule has 6 nitrogen and oxygen atoms in total. The van der Waals surface area contributed by atoms with Crippen molar-refractivity contribution in [3.05, 3.63) is 138 Å². The highest BCUT2D eigenvalue weighted by molar-refractivity contribution is 7.62. The van der Waals surface area contributed by atoms with Crippen molar-refractivity contribution in [1.29, 1.82) is 0 Å². The average Bonchev–Trinajstić information content (AvgIpc) is 3.00. The molecule has 0 saturated heterocycles. The van der Waals surface area contributed by atoms with Gasteiger partial charge >= 0.3 is 13.6 Å². The van der Waals surface area contributed by atoms with E-state index in [4.69, 9.17) is 13.8 Å². The summed E-state index contributed by atoms with van der Waals surface area (Å²) in [6.07, 6.45) is 0.360. The highest BCUT2D eigenvalue weighted by atomic mass is 31.2. The Balaban J connectivity index is 1.68. The Labute approximate surface area is 243 Å². The second kappa shape index (κ2) is 15.5. The third-order valence-corrected chi connectivity index (χ3v) is 8.75. The molecule has 41 heavy (non-hydrogen) atoms. The SMILES string of the molecule is CCOP(=O)(OCC)c1cccc(CC(C(=O)OCc2ccccc2)N(Cc2ccccc2)Cc2ccccc2)c1. The molecule has 4 rings (SSSR count). The van der Waals surface area contributed by atoms with Crippen LogP contribution in [-0.2, 0) is 49.3 Å². The lowest BCUT2D eigenvalue weighted by Crippen LogP contribution is -2.43. The maximum absolute atomic E-state index is 13.9. The number of benzene rings is 4. The number of hydrogen-bond acceptors (Lipinski definition) is 6. The molecule has 4 aromatic carbocycles. The smallest absolute Gasteiger partial charge is 0.361 e. The van der Waals surface area contributed by atoms with Gasteiger partial charge in [-0.05, 0) is 54.7 Å². The van der Waals surface area contributed by atoms with Gasteiger partial charge in [-0.15, -0.1) is 0 Å². The number of ether oxygens (including phenoxy) is 1. The Morgan fingerprint density at radius 2 is 1.17 bits per heavy atom. The van der Waals surface area contributed by atoms with Crippen LogP contribution in [0.3, 0.4) is 0 Å². The molecular formula is C34H38NO5P. The number of esters is 1. The van der Waals surface area contributed by atoms with E-state index in [-0.39, 0.29) is 25.8 Å². The van der Waals surface area contributed by atoms with Crippen molar-refractivity contribution in [2.45, 2.75) is 46.0 Å². The van der Waals surface area contributed by atoms with E-state index in [1.54, 1.807) is 19.9 Å². The van der Waals surface area contributed by atoms with E-state index in [2.05, 4.69) is 29.2 Å². The molecule has 0 bridgehead atoms. The third-order valence-electron chi connectivity index (χ3n) is 6.65. The van der Waals surface area contributed by atoms with E-state index in [0.29, 0.717) is 24.8 Å². The number of nitrogens with zero attached hydrogens (tertiary/aromatic N) is 1. The summed E-state index contributed by atoms with van der Waals surface area (Å²) in [6.45, 7) is 5.40. The van der Waals surface area contributed by atoms with E-state index >= 15 is 0 Å². The Morgan fingerprint density at radius 1 is 0.683 bits per heavy atom. The van der Waals surface area contributed by atoms with E-state index in [1.807, 2.05) is 84.9 Å². The van der Waals surface area contributed by atoms with Gasteiger partial charge in [0.15, 0.2) is 0 Å². The van der Waals surface area contributed by atoms with Crippen LogP contribution in [0, 0.1) is 0 Å². The Morgan fingerprint density at radius 3 is 1.68 bits per heavy atom. The van der Waals surface area contributed by atoms with Crippen LogP contribution in [0.2, 0.25) is 0 Å². The molecule has 0 aromatic heterocycles. The van der Waals surface area contributed by atoms with Gasteiger partial charge in [0.05, 0.1) is 18.5 Å².